The average Bonchev–Trinajstić information content (AvgIpc) is 3.28. The molecule has 0 aliphatic carbocycles. The summed E-state index contributed by atoms with van der Waals surface area (Å²) in [5.74, 6) is -0.512. The maximum atomic E-state index is 15.8. The van der Waals surface area contributed by atoms with Gasteiger partial charge >= 0.3 is 0 Å². The minimum absolute atomic E-state index is 0.0688. The molecule has 32 heavy (non-hydrogen) atoms. The molecule has 1 N–H and O–H groups in total. The molecule has 0 saturated carbocycles. The highest BCUT2D eigenvalue weighted by atomic mass is 19.1. The van der Waals surface area contributed by atoms with E-state index in [0.29, 0.717) is 31.6 Å². The zero-order valence-corrected chi connectivity index (χ0v) is 18.0. The third kappa shape index (κ3) is 3.10. The van der Waals surface area contributed by atoms with Crippen molar-refractivity contribution in [1.29, 1.82) is 0 Å². The van der Waals surface area contributed by atoms with Gasteiger partial charge in [-0.2, -0.15) is 5.10 Å². The Morgan fingerprint density at radius 1 is 1.16 bits per heavy atom. The van der Waals surface area contributed by atoms with Gasteiger partial charge in [0, 0.05) is 60.6 Å². The number of carbonyl (C=O) groups excluding carboxylic acids is 1. The highest BCUT2D eigenvalue weighted by Gasteiger charge is 2.24. The van der Waals surface area contributed by atoms with Crippen molar-refractivity contribution in [2.75, 3.05) is 31.1 Å². The second-order valence-corrected chi connectivity index (χ2v) is 8.05. The zero-order chi connectivity index (χ0) is 22.4. The zero-order valence-electron chi connectivity index (χ0n) is 18.0. The molecule has 4 heterocycles. The van der Waals surface area contributed by atoms with Gasteiger partial charge in [0.05, 0.1) is 11.7 Å². The number of nitrogens with zero attached hydrogens (tertiary/aromatic N) is 5. The number of amides is 1. The molecular formula is C24H23FN6O. The fourth-order valence-electron chi connectivity index (χ4n) is 4.44. The molecule has 162 valence electrons. The van der Waals surface area contributed by atoms with Crippen molar-refractivity contribution in [3.8, 4) is 11.3 Å². The molecule has 7 nitrogen and oxygen atoms in total. The molecule has 1 saturated heterocycles. The number of aromatic nitrogens is 4. The monoisotopic (exact) mass is 430 g/mol. The fraction of sp³-hybridized carbons (Fsp3) is 0.250. The summed E-state index contributed by atoms with van der Waals surface area (Å²) in [6, 6.07) is 3.88. The number of aromatic amines is 1. The lowest BCUT2D eigenvalue weighted by molar-refractivity contribution is -0.126. The highest BCUT2D eigenvalue weighted by molar-refractivity contribution is 5.99. The second kappa shape index (κ2) is 7.71. The Hall–Kier alpha value is -3.81. The van der Waals surface area contributed by atoms with Crippen LogP contribution in [-0.4, -0.2) is 57.2 Å². The van der Waals surface area contributed by atoms with Crippen LogP contribution in [0.3, 0.4) is 0 Å². The largest absolute Gasteiger partial charge is 0.367 e. The Balaban J connectivity index is 1.59. The van der Waals surface area contributed by atoms with Crippen molar-refractivity contribution >= 4 is 33.4 Å². The van der Waals surface area contributed by atoms with E-state index in [4.69, 9.17) is 0 Å². The van der Waals surface area contributed by atoms with Crippen LogP contribution in [0, 0.1) is 19.7 Å². The first-order valence-electron chi connectivity index (χ1n) is 10.5. The molecule has 5 rings (SSSR count). The molecule has 1 fully saturated rings. The Morgan fingerprint density at radius 2 is 1.94 bits per heavy atom. The van der Waals surface area contributed by atoms with Crippen LogP contribution in [-0.2, 0) is 4.79 Å². The van der Waals surface area contributed by atoms with Crippen molar-refractivity contribution in [3.05, 3.63) is 60.3 Å². The third-order valence-electron chi connectivity index (χ3n) is 6.31. The van der Waals surface area contributed by atoms with Gasteiger partial charge in [0.25, 0.3) is 0 Å². The van der Waals surface area contributed by atoms with Gasteiger partial charge in [-0.25, -0.2) is 4.39 Å². The van der Waals surface area contributed by atoms with Crippen molar-refractivity contribution < 1.29 is 9.18 Å². The Bertz CT molecular complexity index is 1370. The normalized spacial score (nSPS) is 14.3. The van der Waals surface area contributed by atoms with Crippen molar-refractivity contribution in [2.24, 2.45) is 0 Å². The number of aryl methyl sites for hydroxylation is 1. The Labute approximate surface area is 184 Å². The molecule has 1 aliphatic rings. The fourth-order valence-corrected chi connectivity index (χ4v) is 4.44. The van der Waals surface area contributed by atoms with E-state index >= 15 is 4.39 Å². The minimum atomic E-state index is -0.443. The number of pyridine rings is 2. The van der Waals surface area contributed by atoms with Crippen LogP contribution < -0.4 is 4.90 Å². The van der Waals surface area contributed by atoms with Gasteiger partial charge in [-0.15, -0.1) is 0 Å². The molecule has 0 spiro atoms. The number of carbonyl (C=O) groups is 1. The minimum Gasteiger partial charge on any atom is -0.367 e. The van der Waals surface area contributed by atoms with Gasteiger partial charge in [0.2, 0.25) is 5.91 Å². The summed E-state index contributed by atoms with van der Waals surface area (Å²) in [6.07, 6.45) is 6.37. The van der Waals surface area contributed by atoms with E-state index in [-0.39, 0.29) is 17.1 Å². The van der Waals surface area contributed by atoms with Crippen LogP contribution in [0.1, 0.15) is 11.1 Å². The van der Waals surface area contributed by atoms with Gasteiger partial charge in [-0.3, -0.25) is 19.9 Å². The number of H-pyrrole nitrogens is 1. The molecule has 4 aromatic rings. The quantitative estimate of drug-likeness (QED) is 0.501. The van der Waals surface area contributed by atoms with Crippen molar-refractivity contribution in [3.63, 3.8) is 0 Å². The summed E-state index contributed by atoms with van der Waals surface area (Å²) >= 11 is 0. The molecule has 1 aromatic carbocycles. The summed E-state index contributed by atoms with van der Waals surface area (Å²) in [5, 5.41) is 8.59. The van der Waals surface area contributed by atoms with Gasteiger partial charge in [0.15, 0.2) is 5.82 Å². The summed E-state index contributed by atoms with van der Waals surface area (Å²) < 4.78 is 15.8. The Morgan fingerprint density at radius 3 is 2.69 bits per heavy atom. The van der Waals surface area contributed by atoms with E-state index in [1.807, 2.05) is 26.0 Å². The number of rotatable bonds is 3. The number of halogens is 1. The Kier molecular flexibility index (Phi) is 4.84. The molecule has 1 aliphatic heterocycles. The SMILES string of the molecule is C=CC(=O)N1CCN(c2ccnc3c(F)c(-c4c(C)c(C)cc5[nH]ncc45)ncc23)CC1. The van der Waals surface area contributed by atoms with Crippen LogP contribution in [0.5, 0.6) is 0 Å². The first-order chi connectivity index (χ1) is 15.5. The number of benzene rings is 1. The smallest absolute Gasteiger partial charge is 0.246 e. The maximum Gasteiger partial charge on any atom is 0.246 e. The van der Waals surface area contributed by atoms with E-state index in [2.05, 4.69) is 31.6 Å². The standard InChI is InChI=1S/C24H23FN6O/c1-4-20(32)31-9-7-30(8-10-31)19-5-6-26-23-17(19)12-27-24(22(23)25)21-15(3)14(2)11-18-16(21)13-28-29-18/h4-6,11-13H,1,7-10H2,2-3H3,(H,28,29). The van der Waals surface area contributed by atoms with Gasteiger partial charge in [-0.1, -0.05) is 6.58 Å². The van der Waals surface area contributed by atoms with Crippen LogP contribution in [0.15, 0.2) is 43.4 Å². The molecule has 8 heteroatoms. The molecule has 0 unspecified atom stereocenters. The second-order valence-electron chi connectivity index (χ2n) is 8.05. The van der Waals surface area contributed by atoms with Gasteiger partial charge in [-0.05, 0) is 43.2 Å². The summed E-state index contributed by atoms with van der Waals surface area (Å²) in [4.78, 5) is 24.7. The first kappa shape index (κ1) is 20.1. The molecule has 0 atom stereocenters. The average molecular weight is 430 g/mol. The van der Waals surface area contributed by atoms with Crippen LogP contribution >= 0.6 is 0 Å². The number of hydrogen-bond acceptors (Lipinski definition) is 5. The van der Waals surface area contributed by atoms with Crippen molar-refractivity contribution in [1.82, 2.24) is 25.1 Å². The van der Waals surface area contributed by atoms with Gasteiger partial charge in [0.1, 0.15) is 11.2 Å². The number of hydrogen-bond donors (Lipinski definition) is 1. The molecule has 0 bridgehead atoms. The van der Waals surface area contributed by atoms with E-state index in [1.165, 1.54) is 6.08 Å². The van der Waals surface area contributed by atoms with E-state index in [1.54, 1.807) is 23.5 Å². The van der Waals surface area contributed by atoms with E-state index < -0.39 is 5.82 Å². The first-order valence-corrected chi connectivity index (χ1v) is 10.5. The number of nitrogens with one attached hydrogen (secondary N) is 1. The summed E-state index contributed by atoms with van der Waals surface area (Å²) in [5.41, 5.74) is 5.00. The van der Waals surface area contributed by atoms with Crippen LogP contribution in [0.4, 0.5) is 10.1 Å². The van der Waals surface area contributed by atoms with E-state index in [9.17, 15) is 4.79 Å². The summed E-state index contributed by atoms with van der Waals surface area (Å²) in [6.45, 7) is 9.98. The summed E-state index contributed by atoms with van der Waals surface area (Å²) in [7, 11) is 0. The lowest BCUT2D eigenvalue weighted by atomic mass is 9.96. The van der Waals surface area contributed by atoms with Gasteiger partial charge < -0.3 is 9.80 Å². The lowest BCUT2D eigenvalue weighted by Gasteiger charge is -2.36. The predicted octanol–water partition coefficient (Wildman–Crippen LogP) is 3.76. The molecular weight excluding hydrogens is 407 g/mol. The van der Waals surface area contributed by atoms with Crippen LogP contribution in [0.2, 0.25) is 0 Å². The number of fused-ring (bicyclic) bond motifs is 2. The topological polar surface area (TPSA) is 78.0 Å². The maximum absolute atomic E-state index is 15.8. The number of anilines is 1. The van der Waals surface area contributed by atoms with E-state index in [0.717, 1.165) is 33.3 Å². The third-order valence-corrected chi connectivity index (χ3v) is 6.31. The van der Waals surface area contributed by atoms with Crippen molar-refractivity contribution in [2.45, 2.75) is 13.8 Å². The molecule has 3 aromatic heterocycles. The predicted molar refractivity (Wildman–Crippen MR) is 123 cm³/mol. The highest BCUT2D eigenvalue weighted by Crippen LogP contribution is 2.36. The van der Waals surface area contributed by atoms with Crippen LogP contribution in [0.25, 0.3) is 33.1 Å². The lowest BCUT2D eigenvalue weighted by Crippen LogP contribution is -2.48. The molecule has 1 amide bonds. The number of piperazine rings is 1. The molecule has 0 radical (unpaired) electrons.